The van der Waals surface area contributed by atoms with E-state index in [-0.39, 0.29) is 0 Å². The van der Waals surface area contributed by atoms with Gasteiger partial charge in [0.05, 0.1) is 6.61 Å². The smallest absolute Gasteiger partial charge is 0.338 e. The van der Waals surface area contributed by atoms with Gasteiger partial charge in [-0.25, -0.2) is 4.79 Å². The van der Waals surface area contributed by atoms with Crippen molar-refractivity contribution in [3.8, 4) is 0 Å². The van der Waals surface area contributed by atoms with E-state index in [0.717, 1.165) is 0 Å². The zero-order valence-corrected chi connectivity index (χ0v) is 6.12. The second kappa shape index (κ2) is 3.36. The highest BCUT2D eigenvalue weighted by atomic mass is 16.6. The van der Waals surface area contributed by atoms with Crippen LogP contribution in [0.5, 0.6) is 0 Å². The van der Waals surface area contributed by atoms with Crippen molar-refractivity contribution >= 4 is 5.97 Å². The molecule has 0 saturated carbocycles. The van der Waals surface area contributed by atoms with Crippen molar-refractivity contribution in [2.45, 2.75) is 24.4 Å². The molecule has 4 atom stereocenters. The Balaban J connectivity index is 2.64. The highest BCUT2D eigenvalue weighted by Gasteiger charge is 2.45. The van der Waals surface area contributed by atoms with Crippen LogP contribution in [0.2, 0.25) is 0 Å². The molecule has 0 aromatic rings. The van der Waals surface area contributed by atoms with Crippen LogP contribution in [0.15, 0.2) is 0 Å². The maximum atomic E-state index is 10.6. The van der Waals surface area contributed by atoms with Crippen LogP contribution < -0.4 is 0 Å². The summed E-state index contributed by atoms with van der Waals surface area (Å²) in [5, 5.41) is 35.3. The van der Waals surface area contributed by atoms with Crippen LogP contribution in [0.3, 0.4) is 0 Å². The summed E-state index contributed by atoms with van der Waals surface area (Å²) < 4.78 is 4.39. The monoisotopic (exact) mass is 178 g/mol. The molecule has 4 N–H and O–H groups in total. The van der Waals surface area contributed by atoms with E-state index in [1.807, 2.05) is 0 Å². The summed E-state index contributed by atoms with van der Waals surface area (Å²) in [4.78, 5) is 10.6. The van der Waals surface area contributed by atoms with Gasteiger partial charge in [0.2, 0.25) is 0 Å². The summed E-state index contributed by atoms with van der Waals surface area (Å²) in [6.07, 6.45) is -5.70. The van der Waals surface area contributed by atoms with Gasteiger partial charge in [0.15, 0.2) is 12.2 Å². The fraction of sp³-hybridized carbons (Fsp3) is 0.833. The molecule has 70 valence electrons. The molecule has 12 heavy (non-hydrogen) atoms. The highest BCUT2D eigenvalue weighted by molar-refractivity contribution is 5.77. The van der Waals surface area contributed by atoms with Gasteiger partial charge in [-0.1, -0.05) is 0 Å². The number of hydrogen-bond acceptors (Lipinski definition) is 6. The van der Waals surface area contributed by atoms with Gasteiger partial charge < -0.3 is 25.2 Å². The second-order valence-electron chi connectivity index (χ2n) is 2.59. The lowest BCUT2D eigenvalue weighted by Crippen LogP contribution is -2.40. The Morgan fingerprint density at radius 2 is 2.08 bits per heavy atom. The minimum Gasteiger partial charge on any atom is -0.455 e. The number of cyclic esters (lactones) is 1. The average Bonchev–Trinajstić information content (AvgIpc) is 2.32. The van der Waals surface area contributed by atoms with E-state index < -0.39 is 37.0 Å². The molecule has 0 bridgehead atoms. The molecule has 1 aliphatic rings. The minimum absolute atomic E-state index is 0.637. The number of carbonyl (C=O) groups excluding carboxylic acids is 1. The number of carbonyl (C=O) groups is 1. The fourth-order valence-corrected chi connectivity index (χ4v) is 1.00. The number of hydrogen-bond donors (Lipinski definition) is 4. The molecule has 6 nitrogen and oxygen atoms in total. The van der Waals surface area contributed by atoms with Gasteiger partial charge in [-0.05, 0) is 0 Å². The maximum Gasteiger partial charge on any atom is 0.338 e. The van der Waals surface area contributed by atoms with Gasteiger partial charge in [0.25, 0.3) is 0 Å². The summed E-state index contributed by atoms with van der Waals surface area (Å²) in [5.74, 6) is -0.986. The molecule has 0 amide bonds. The molecule has 0 aliphatic carbocycles. The quantitative estimate of drug-likeness (QED) is 0.335. The average molecular weight is 178 g/mol. The molecular weight excluding hydrogens is 168 g/mol. The zero-order chi connectivity index (χ0) is 9.30. The van der Waals surface area contributed by atoms with Crippen LogP contribution in [0.1, 0.15) is 0 Å². The van der Waals surface area contributed by atoms with Crippen molar-refractivity contribution in [1.29, 1.82) is 0 Å². The van der Waals surface area contributed by atoms with Gasteiger partial charge in [0.1, 0.15) is 12.2 Å². The third-order valence-electron chi connectivity index (χ3n) is 1.72. The molecular formula is C6H10O6. The Kier molecular flexibility index (Phi) is 2.63. The Bertz CT molecular complexity index is 181. The van der Waals surface area contributed by atoms with Gasteiger partial charge >= 0.3 is 5.97 Å². The topological polar surface area (TPSA) is 107 Å². The van der Waals surface area contributed by atoms with Crippen LogP contribution in [0, 0.1) is 0 Å². The number of rotatable bonds is 2. The molecule has 1 aliphatic heterocycles. The van der Waals surface area contributed by atoms with Gasteiger partial charge in [0, 0.05) is 0 Å². The Morgan fingerprint density at radius 3 is 2.42 bits per heavy atom. The van der Waals surface area contributed by atoms with Crippen LogP contribution in [-0.4, -0.2) is 57.4 Å². The third kappa shape index (κ3) is 1.42. The summed E-state index contributed by atoms with van der Waals surface area (Å²) in [7, 11) is 0. The van der Waals surface area contributed by atoms with Crippen molar-refractivity contribution in [3.05, 3.63) is 0 Å². The molecule has 0 aromatic heterocycles. The van der Waals surface area contributed by atoms with E-state index in [4.69, 9.17) is 20.4 Å². The first-order chi connectivity index (χ1) is 5.57. The fourth-order valence-electron chi connectivity index (χ4n) is 1.00. The first-order valence-electron chi connectivity index (χ1n) is 3.43. The molecule has 0 aromatic carbocycles. The Labute approximate surface area is 68.0 Å². The van der Waals surface area contributed by atoms with E-state index >= 15 is 0 Å². The van der Waals surface area contributed by atoms with Crippen LogP contribution >= 0.6 is 0 Å². The van der Waals surface area contributed by atoms with Gasteiger partial charge in [-0.15, -0.1) is 0 Å². The first-order valence-corrected chi connectivity index (χ1v) is 3.43. The van der Waals surface area contributed by atoms with Crippen LogP contribution in [0.25, 0.3) is 0 Å². The van der Waals surface area contributed by atoms with E-state index in [9.17, 15) is 4.79 Å². The molecule has 1 saturated heterocycles. The zero-order valence-electron chi connectivity index (χ0n) is 6.12. The maximum absolute atomic E-state index is 10.6. The lowest BCUT2D eigenvalue weighted by Gasteiger charge is -2.17. The molecule has 1 heterocycles. The van der Waals surface area contributed by atoms with Crippen molar-refractivity contribution in [1.82, 2.24) is 0 Å². The largest absolute Gasteiger partial charge is 0.455 e. The summed E-state index contributed by atoms with van der Waals surface area (Å²) >= 11 is 0. The first kappa shape index (κ1) is 9.40. The lowest BCUT2D eigenvalue weighted by molar-refractivity contribution is -0.151. The van der Waals surface area contributed by atoms with Crippen molar-refractivity contribution in [2.24, 2.45) is 0 Å². The minimum atomic E-state index is -1.63. The molecule has 0 spiro atoms. The number of esters is 1. The number of aliphatic hydroxyl groups is 4. The summed E-state index contributed by atoms with van der Waals surface area (Å²) in [5.41, 5.74) is 0. The van der Waals surface area contributed by atoms with Crippen LogP contribution in [0.4, 0.5) is 0 Å². The molecule has 1 fully saturated rings. The van der Waals surface area contributed by atoms with E-state index in [2.05, 4.69) is 4.74 Å². The number of aliphatic hydroxyl groups excluding tert-OH is 4. The van der Waals surface area contributed by atoms with Gasteiger partial charge in [-0.3, -0.25) is 0 Å². The van der Waals surface area contributed by atoms with Crippen LogP contribution in [-0.2, 0) is 9.53 Å². The highest BCUT2D eigenvalue weighted by Crippen LogP contribution is 2.18. The van der Waals surface area contributed by atoms with E-state index in [1.54, 1.807) is 0 Å². The Hall–Kier alpha value is -0.690. The summed E-state index contributed by atoms with van der Waals surface area (Å²) in [6.45, 7) is -0.637. The predicted molar refractivity (Wildman–Crippen MR) is 35.0 cm³/mol. The number of ether oxygens (including phenoxy) is 1. The Morgan fingerprint density at radius 1 is 1.50 bits per heavy atom. The normalized spacial score (nSPS) is 38.0. The molecule has 1 unspecified atom stereocenters. The van der Waals surface area contributed by atoms with E-state index in [1.165, 1.54) is 0 Å². The van der Waals surface area contributed by atoms with Crippen molar-refractivity contribution in [3.63, 3.8) is 0 Å². The van der Waals surface area contributed by atoms with E-state index in [0.29, 0.717) is 0 Å². The lowest BCUT2D eigenvalue weighted by atomic mass is 10.1. The molecule has 1 rings (SSSR count). The third-order valence-corrected chi connectivity index (χ3v) is 1.72. The molecule has 0 radical (unpaired) electrons. The van der Waals surface area contributed by atoms with Crippen molar-refractivity contribution < 1.29 is 30.0 Å². The van der Waals surface area contributed by atoms with Gasteiger partial charge in [-0.2, -0.15) is 0 Å². The summed E-state index contributed by atoms with van der Waals surface area (Å²) in [6, 6.07) is 0. The molecule has 6 heteroatoms. The second-order valence-corrected chi connectivity index (χ2v) is 2.59. The predicted octanol–water partition coefficient (Wildman–Crippen LogP) is -3.01. The van der Waals surface area contributed by atoms with Crippen molar-refractivity contribution in [2.75, 3.05) is 6.61 Å². The SMILES string of the molecule is O=C1O[C@H]([C@@H](O)CO)C(O)[C@H]1O. The standard InChI is InChI=1S/C6H10O6/c7-1-2(8)5-3(9)4(10)6(11)12-5/h2-5,7-10H,1H2/t2-,3?,4+,5+/m0/s1.